The molecule has 6 nitrogen and oxygen atoms in total. The van der Waals surface area contributed by atoms with Crippen molar-refractivity contribution in [3.8, 4) is 0 Å². The van der Waals surface area contributed by atoms with Crippen molar-refractivity contribution in [2.24, 2.45) is 0 Å². The Balaban J connectivity index is 1.86. The van der Waals surface area contributed by atoms with E-state index in [4.69, 9.17) is 0 Å². The second-order valence-corrected chi connectivity index (χ2v) is 8.07. The van der Waals surface area contributed by atoms with Gasteiger partial charge in [-0.3, -0.25) is 9.78 Å². The molecule has 1 aliphatic heterocycles. The van der Waals surface area contributed by atoms with Gasteiger partial charge in [0.15, 0.2) is 0 Å². The van der Waals surface area contributed by atoms with Crippen LogP contribution in [0.2, 0.25) is 0 Å². The molecule has 0 saturated carbocycles. The van der Waals surface area contributed by atoms with Crippen LogP contribution in [-0.4, -0.2) is 36.7 Å². The van der Waals surface area contributed by atoms with Crippen LogP contribution in [0.5, 0.6) is 0 Å². The van der Waals surface area contributed by atoms with Gasteiger partial charge in [0.05, 0.1) is 4.90 Å². The van der Waals surface area contributed by atoms with Gasteiger partial charge in [-0.2, -0.15) is 4.31 Å². The number of aromatic nitrogens is 1. The maximum absolute atomic E-state index is 12.8. The average Bonchev–Trinajstić information content (AvgIpc) is 2.64. The Hall–Kier alpha value is -2.25. The monoisotopic (exact) mass is 359 g/mol. The van der Waals surface area contributed by atoms with Crippen molar-refractivity contribution in [1.29, 1.82) is 0 Å². The Labute approximate surface area is 147 Å². The van der Waals surface area contributed by atoms with Gasteiger partial charge in [-0.1, -0.05) is 12.5 Å². The minimum atomic E-state index is -3.53. The number of hydrogen-bond donors (Lipinski definition) is 1. The van der Waals surface area contributed by atoms with Crippen LogP contribution in [-0.2, 0) is 10.0 Å². The second kappa shape index (κ2) is 7.33. The molecule has 1 N–H and O–H groups in total. The van der Waals surface area contributed by atoms with E-state index in [1.807, 2.05) is 6.92 Å². The summed E-state index contributed by atoms with van der Waals surface area (Å²) >= 11 is 0. The first-order valence-electron chi connectivity index (χ1n) is 8.31. The SMILES string of the molecule is Cc1ccc(S(=O)(=O)N2CCCCC2)cc1NC(=O)c1ccncc1. The van der Waals surface area contributed by atoms with Gasteiger partial charge in [0.1, 0.15) is 0 Å². The molecule has 0 aliphatic carbocycles. The first-order chi connectivity index (χ1) is 12.0. The molecule has 1 aliphatic rings. The fourth-order valence-corrected chi connectivity index (χ4v) is 4.39. The smallest absolute Gasteiger partial charge is 0.255 e. The van der Waals surface area contributed by atoms with E-state index >= 15 is 0 Å². The molecule has 1 saturated heterocycles. The number of piperidine rings is 1. The summed E-state index contributed by atoms with van der Waals surface area (Å²) in [5, 5.41) is 2.79. The summed E-state index contributed by atoms with van der Waals surface area (Å²) in [6, 6.07) is 8.08. The molecule has 0 bridgehead atoms. The molecule has 7 heteroatoms. The van der Waals surface area contributed by atoms with Crippen molar-refractivity contribution >= 4 is 21.6 Å². The minimum Gasteiger partial charge on any atom is -0.322 e. The molecule has 1 aromatic carbocycles. The van der Waals surface area contributed by atoms with E-state index < -0.39 is 10.0 Å². The Kier molecular flexibility index (Phi) is 5.15. The van der Waals surface area contributed by atoms with Crippen LogP contribution < -0.4 is 5.32 Å². The highest BCUT2D eigenvalue weighted by atomic mass is 32.2. The highest BCUT2D eigenvalue weighted by Gasteiger charge is 2.26. The lowest BCUT2D eigenvalue weighted by atomic mass is 10.2. The van der Waals surface area contributed by atoms with E-state index in [2.05, 4.69) is 10.3 Å². The number of anilines is 1. The van der Waals surface area contributed by atoms with Gasteiger partial charge in [0.25, 0.3) is 5.91 Å². The van der Waals surface area contributed by atoms with Crippen molar-refractivity contribution in [1.82, 2.24) is 9.29 Å². The van der Waals surface area contributed by atoms with Gasteiger partial charge in [0, 0.05) is 36.7 Å². The highest BCUT2D eigenvalue weighted by molar-refractivity contribution is 7.89. The molecule has 0 radical (unpaired) electrons. The molecule has 3 rings (SSSR count). The highest BCUT2D eigenvalue weighted by Crippen LogP contribution is 2.25. The summed E-state index contributed by atoms with van der Waals surface area (Å²) in [6.07, 6.45) is 5.92. The van der Waals surface area contributed by atoms with Crippen molar-refractivity contribution in [3.63, 3.8) is 0 Å². The maximum atomic E-state index is 12.8. The predicted octanol–water partition coefficient (Wildman–Crippen LogP) is 2.82. The van der Waals surface area contributed by atoms with Crippen molar-refractivity contribution in [2.75, 3.05) is 18.4 Å². The summed E-state index contributed by atoms with van der Waals surface area (Å²) in [5.74, 6) is -0.293. The molecule has 1 amide bonds. The maximum Gasteiger partial charge on any atom is 0.255 e. The van der Waals surface area contributed by atoms with Gasteiger partial charge < -0.3 is 5.32 Å². The van der Waals surface area contributed by atoms with Crippen LogP contribution in [0.25, 0.3) is 0 Å². The number of carbonyl (C=O) groups excluding carboxylic acids is 1. The fourth-order valence-electron chi connectivity index (χ4n) is 2.85. The number of amides is 1. The number of carbonyl (C=O) groups is 1. The van der Waals surface area contributed by atoms with Crippen LogP contribution >= 0.6 is 0 Å². The largest absolute Gasteiger partial charge is 0.322 e. The average molecular weight is 359 g/mol. The van der Waals surface area contributed by atoms with E-state index in [0.717, 1.165) is 24.8 Å². The minimum absolute atomic E-state index is 0.213. The third-order valence-electron chi connectivity index (χ3n) is 4.35. The molecule has 0 atom stereocenters. The van der Waals surface area contributed by atoms with Gasteiger partial charge in [-0.05, 0) is 49.6 Å². The molecule has 2 aromatic rings. The molecule has 1 fully saturated rings. The first kappa shape index (κ1) is 17.6. The van der Waals surface area contributed by atoms with Gasteiger partial charge in [-0.25, -0.2) is 8.42 Å². The zero-order valence-electron chi connectivity index (χ0n) is 14.1. The number of sulfonamides is 1. The Morgan fingerprint density at radius 1 is 1.08 bits per heavy atom. The summed E-state index contributed by atoms with van der Waals surface area (Å²) in [5.41, 5.74) is 1.78. The Morgan fingerprint density at radius 3 is 2.44 bits per heavy atom. The molecule has 2 heterocycles. The lowest BCUT2D eigenvalue weighted by Gasteiger charge is -2.26. The fraction of sp³-hybridized carbons (Fsp3) is 0.333. The standard InChI is InChI=1S/C18H21N3O3S/c1-14-5-6-16(25(23,24)21-11-3-2-4-12-21)13-17(14)20-18(22)15-7-9-19-10-8-15/h5-10,13H,2-4,11-12H2,1H3,(H,20,22). The summed E-state index contributed by atoms with van der Waals surface area (Å²) in [6.45, 7) is 2.93. The third kappa shape index (κ3) is 3.88. The van der Waals surface area contributed by atoms with E-state index in [1.54, 1.807) is 42.7 Å². The van der Waals surface area contributed by atoms with Crippen LogP contribution in [0.15, 0.2) is 47.6 Å². The normalized spacial score (nSPS) is 15.7. The van der Waals surface area contributed by atoms with E-state index in [9.17, 15) is 13.2 Å². The molecular formula is C18H21N3O3S. The number of hydrogen-bond acceptors (Lipinski definition) is 4. The lowest BCUT2D eigenvalue weighted by molar-refractivity contribution is 0.102. The molecule has 0 spiro atoms. The van der Waals surface area contributed by atoms with E-state index in [0.29, 0.717) is 24.3 Å². The number of nitrogens with one attached hydrogen (secondary N) is 1. The number of rotatable bonds is 4. The molecule has 132 valence electrons. The van der Waals surface area contributed by atoms with Gasteiger partial charge in [0.2, 0.25) is 10.0 Å². The quantitative estimate of drug-likeness (QED) is 0.910. The van der Waals surface area contributed by atoms with Crippen LogP contribution in [0, 0.1) is 6.92 Å². The van der Waals surface area contributed by atoms with Crippen LogP contribution in [0.3, 0.4) is 0 Å². The van der Waals surface area contributed by atoms with Crippen molar-refractivity contribution < 1.29 is 13.2 Å². The Bertz CT molecular complexity index is 860. The Morgan fingerprint density at radius 2 is 1.76 bits per heavy atom. The van der Waals surface area contributed by atoms with Crippen molar-refractivity contribution in [3.05, 3.63) is 53.9 Å². The number of aryl methyl sites for hydroxylation is 1. The zero-order valence-corrected chi connectivity index (χ0v) is 14.9. The third-order valence-corrected chi connectivity index (χ3v) is 6.25. The summed E-state index contributed by atoms with van der Waals surface area (Å²) < 4.78 is 27.1. The first-order valence-corrected chi connectivity index (χ1v) is 9.75. The lowest BCUT2D eigenvalue weighted by Crippen LogP contribution is -2.35. The molecular weight excluding hydrogens is 338 g/mol. The molecule has 0 unspecified atom stereocenters. The number of pyridine rings is 1. The molecule has 1 aromatic heterocycles. The van der Waals surface area contributed by atoms with Gasteiger partial charge in [-0.15, -0.1) is 0 Å². The van der Waals surface area contributed by atoms with E-state index in [-0.39, 0.29) is 10.8 Å². The number of nitrogens with zero attached hydrogens (tertiary/aromatic N) is 2. The zero-order chi connectivity index (χ0) is 17.9. The second-order valence-electron chi connectivity index (χ2n) is 6.13. The predicted molar refractivity (Wildman–Crippen MR) is 96.0 cm³/mol. The van der Waals surface area contributed by atoms with Crippen molar-refractivity contribution in [2.45, 2.75) is 31.1 Å². The summed E-state index contributed by atoms with van der Waals surface area (Å²) in [4.78, 5) is 16.4. The molecule has 25 heavy (non-hydrogen) atoms. The van der Waals surface area contributed by atoms with Crippen LogP contribution in [0.4, 0.5) is 5.69 Å². The summed E-state index contributed by atoms with van der Waals surface area (Å²) in [7, 11) is -3.53. The number of benzene rings is 1. The van der Waals surface area contributed by atoms with Crippen LogP contribution in [0.1, 0.15) is 35.2 Å². The topological polar surface area (TPSA) is 79.4 Å². The van der Waals surface area contributed by atoms with Gasteiger partial charge >= 0.3 is 0 Å². The van der Waals surface area contributed by atoms with E-state index in [1.165, 1.54) is 4.31 Å².